The lowest BCUT2D eigenvalue weighted by Gasteiger charge is -2.24. The van der Waals surface area contributed by atoms with Crippen LogP contribution in [0.15, 0.2) is 5.10 Å². The minimum atomic E-state index is -0.569. The number of hydrogen-bond acceptors (Lipinski definition) is 2. The molecule has 0 aliphatic heterocycles. The summed E-state index contributed by atoms with van der Waals surface area (Å²) in [5.74, 6) is 1.27. The fourth-order valence-electron chi connectivity index (χ4n) is 2.19. The number of nitrogens with one attached hydrogen (secondary N) is 1. The quantitative estimate of drug-likeness (QED) is 0.709. The molecule has 1 saturated carbocycles. The zero-order chi connectivity index (χ0) is 12.0. The smallest absolute Gasteiger partial charge is 0.332 e. The van der Waals surface area contributed by atoms with Gasteiger partial charge in [0.1, 0.15) is 0 Å². The van der Waals surface area contributed by atoms with Crippen LogP contribution in [0.1, 0.15) is 52.4 Å². The van der Waals surface area contributed by atoms with Crippen molar-refractivity contribution in [1.29, 1.82) is 0 Å². The second-order valence-corrected chi connectivity index (χ2v) is 4.99. The van der Waals surface area contributed by atoms with Gasteiger partial charge in [-0.2, -0.15) is 5.10 Å². The molecule has 0 spiro atoms. The van der Waals surface area contributed by atoms with Crippen molar-refractivity contribution in [3.63, 3.8) is 0 Å². The van der Waals surface area contributed by atoms with Gasteiger partial charge in [-0.3, -0.25) is 0 Å². The highest BCUT2D eigenvalue weighted by molar-refractivity contribution is 5.88. The van der Waals surface area contributed by atoms with Crippen LogP contribution < -0.4 is 11.2 Å². The highest BCUT2D eigenvalue weighted by Crippen LogP contribution is 2.26. The highest BCUT2D eigenvalue weighted by atomic mass is 16.2. The van der Waals surface area contributed by atoms with Gasteiger partial charge in [-0.15, -0.1) is 0 Å². The van der Waals surface area contributed by atoms with Gasteiger partial charge in [-0.05, 0) is 37.5 Å². The molecule has 92 valence electrons. The summed E-state index contributed by atoms with van der Waals surface area (Å²) < 4.78 is 0. The maximum atomic E-state index is 10.6. The van der Waals surface area contributed by atoms with Gasteiger partial charge in [0.25, 0.3) is 0 Å². The number of hydrazone groups is 1. The molecule has 1 aliphatic rings. The van der Waals surface area contributed by atoms with E-state index in [2.05, 4.69) is 24.4 Å². The van der Waals surface area contributed by atoms with E-state index in [1.54, 1.807) is 0 Å². The average molecular weight is 225 g/mol. The monoisotopic (exact) mass is 225 g/mol. The van der Waals surface area contributed by atoms with Crippen LogP contribution in [-0.2, 0) is 0 Å². The Balaban J connectivity index is 2.49. The third-order valence-corrected chi connectivity index (χ3v) is 3.11. The van der Waals surface area contributed by atoms with Crippen LogP contribution >= 0.6 is 0 Å². The molecule has 1 atom stereocenters. The Bertz CT molecular complexity index is 261. The molecular formula is C12H23N3O. The molecule has 0 bridgehead atoms. The second-order valence-electron chi connectivity index (χ2n) is 4.99. The van der Waals surface area contributed by atoms with Crippen LogP contribution in [0, 0.1) is 11.8 Å². The second kappa shape index (κ2) is 6.51. The normalized spacial score (nSPS) is 23.7. The molecule has 4 heteroatoms. The van der Waals surface area contributed by atoms with Crippen molar-refractivity contribution in [2.75, 3.05) is 0 Å². The first-order chi connectivity index (χ1) is 7.59. The summed E-state index contributed by atoms with van der Waals surface area (Å²) in [5.41, 5.74) is 8.51. The highest BCUT2D eigenvalue weighted by Gasteiger charge is 2.20. The summed E-state index contributed by atoms with van der Waals surface area (Å²) in [5, 5.41) is 4.13. The number of rotatable bonds is 4. The van der Waals surface area contributed by atoms with E-state index in [0.717, 1.165) is 18.1 Å². The Morgan fingerprint density at radius 3 is 2.94 bits per heavy atom. The van der Waals surface area contributed by atoms with Gasteiger partial charge in [-0.1, -0.05) is 26.7 Å². The van der Waals surface area contributed by atoms with Crippen molar-refractivity contribution in [1.82, 2.24) is 5.43 Å². The van der Waals surface area contributed by atoms with Crippen molar-refractivity contribution in [3.05, 3.63) is 0 Å². The number of nitrogens with two attached hydrogens (primary N) is 1. The van der Waals surface area contributed by atoms with Crippen molar-refractivity contribution in [3.8, 4) is 0 Å². The fraction of sp³-hybridized carbons (Fsp3) is 0.833. The fourth-order valence-corrected chi connectivity index (χ4v) is 2.19. The van der Waals surface area contributed by atoms with Crippen LogP contribution in [0.4, 0.5) is 4.79 Å². The van der Waals surface area contributed by atoms with Gasteiger partial charge in [0.05, 0.1) is 0 Å². The summed E-state index contributed by atoms with van der Waals surface area (Å²) in [4.78, 5) is 10.6. The van der Waals surface area contributed by atoms with Crippen LogP contribution in [0.5, 0.6) is 0 Å². The van der Waals surface area contributed by atoms with Crippen molar-refractivity contribution >= 4 is 11.7 Å². The van der Waals surface area contributed by atoms with E-state index in [0.29, 0.717) is 5.92 Å². The van der Waals surface area contributed by atoms with Crippen molar-refractivity contribution in [2.24, 2.45) is 22.7 Å². The van der Waals surface area contributed by atoms with Crippen LogP contribution in [0.3, 0.4) is 0 Å². The summed E-state index contributed by atoms with van der Waals surface area (Å²) in [6.07, 6.45) is 7.06. The first-order valence-corrected chi connectivity index (χ1v) is 6.21. The molecule has 1 aliphatic carbocycles. The number of nitrogens with zero attached hydrogens (tertiary/aromatic N) is 1. The Hall–Kier alpha value is -1.06. The maximum absolute atomic E-state index is 10.6. The Morgan fingerprint density at radius 1 is 1.56 bits per heavy atom. The van der Waals surface area contributed by atoms with Crippen molar-refractivity contribution in [2.45, 2.75) is 52.4 Å². The SMILES string of the molecule is CC(C)CCC1CCCC/C1=N/NC(N)=O. The van der Waals surface area contributed by atoms with E-state index < -0.39 is 6.03 Å². The first kappa shape index (κ1) is 13.0. The third-order valence-electron chi connectivity index (χ3n) is 3.11. The van der Waals surface area contributed by atoms with Gasteiger partial charge < -0.3 is 5.73 Å². The van der Waals surface area contributed by atoms with E-state index >= 15 is 0 Å². The van der Waals surface area contributed by atoms with Crippen LogP contribution in [0.2, 0.25) is 0 Å². The van der Waals surface area contributed by atoms with E-state index in [-0.39, 0.29) is 0 Å². The van der Waals surface area contributed by atoms with Crippen molar-refractivity contribution < 1.29 is 4.79 Å². The molecule has 1 unspecified atom stereocenters. The number of hydrogen-bond donors (Lipinski definition) is 2. The molecule has 2 amide bonds. The van der Waals surface area contributed by atoms with Gasteiger partial charge in [0, 0.05) is 5.71 Å². The average Bonchev–Trinajstić information content (AvgIpc) is 2.24. The summed E-state index contributed by atoms with van der Waals surface area (Å²) in [6.45, 7) is 4.47. The number of primary amides is 1. The molecule has 0 aromatic heterocycles. The topological polar surface area (TPSA) is 67.5 Å². The molecule has 0 heterocycles. The number of urea groups is 1. The van der Waals surface area contributed by atoms with Gasteiger partial charge in [0.2, 0.25) is 0 Å². The molecule has 0 radical (unpaired) electrons. The molecule has 16 heavy (non-hydrogen) atoms. The molecule has 1 fully saturated rings. The summed E-state index contributed by atoms with van der Waals surface area (Å²) in [7, 11) is 0. The predicted molar refractivity (Wildman–Crippen MR) is 66.2 cm³/mol. The Morgan fingerprint density at radius 2 is 2.31 bits per heavy atom. The van der Waals surface area contributed by atoms with E-state index in [4.69, 9.17) is 5.73 Å². The van der Waals surface area contributed by atoms with Crippen LogP contribution in [-0.4, -0.2) is 11.7 Å². The van der Waals surface area contributed by atoms with Gasteiger partial charge >= 0.3 is 6.03 Å². The molecule has 0 aromatic rings. The molecular weight excluding hydrogens is 202 g/mol. The zero-order valence-electron chi connectivity index (χ0n) is 10.3. The molecule has 3 N–H and O–H groups in total. The lowest BCUT2D eigenvalue weighted by atomic mass is 9.83. The summed E-state index contributed by atoms with van der Waals surface area (Å²) in [6, 6.07) is -0.569. The first-order valence-electron chi connectivity index (χ1n) is 6.21. The minimum Gasteiger partial charge on any atom is -0.350 e. The van der Waals surface area contributed by atoms with E-state index in [1.165, 1.54) is 32.1 Å². The lowest BCUT2D eigenvalue weighted by Crippen LogP contribution is -2.29. The van der Waals surface area contributed by atoms with E-state index in [1.807, 2.05) is 0 Å². The number of amides is 2. The molecule has 4 nitrogen and oxygen atoms in total. The van der Waals surface area contributed by atoms with Gasteiger partial charge in [-0.25, -0.2) is 10.2 Å². The molecule has 0 aromatic carbocycles. The van der Waals surface area contributed by atoms with E-state index in [9.17, 15) is 4.79 Å². The molecule has 1 rings (SSSR count). The standard InChI is InChI=1S/C12H23N3O/c1-9(2)7-8-10-5-3-4-6-11(10)14-15-12(13)16/h9-10H,3-8H2,1-2H3,(H3,13,15,16)/b14-11-. The van der Waals surface area contributed by atoms with Crippen LogP contribution in [0.25, 0.3) is 0 Å². The largest absolute Gasteiger partial charge is 0.350 e. The summed E-state index contributed by atoms with van der Waals surface area (Å²) >= 11 is 0. The van der Waals surface area contributed by atoms with Gasteiger partial charge in [0.15, 0.2) is 0 Å². The lowest BCUT2D eigenvalue weighted by molar-refractivity contribution is 0.249. The Kier molecular flexibility index (Phi) is 5.29. The maximum Gasteiger partial charge on any atom is 0.332 e. The number of carbonyl (C=O) groups excluding carboxylic acids is 1. The zero-order valence-corrected chi connectivity index (χ0v) is 10.3. The predicted octanol–water partition coefficient (Wildman–Crippen LogP) is 2.64. The third kappa shape index (κ3) is 4.64. The minimum absolute atomic E-state index is 0.544. The molecule has 0 saturated heterocycles. The Labute approximate surface area is 97.7 Å². The number of carbonyl (C=O) groups is 1.